The van der Waals surface area contributed by atoms with Gasteiger partial charge in [-0.2, -0.15) is 0 Å². The highest BCUT2D eigenvalue weighted by Gasteiger charge is 2.35. The van der Waals surface area contributed by atoms with Crippen molar-refractivity contribution in [3.05, 3.63) is 52.5 Å². The van der Waals surface area contributed by atoms with Crippen LogP contribution in [0.1, 0.15) is 21.7 Å². The maximum atomic E-state index is 12.6. The van der Waals surface area contributed by atoms with Crippen LogP contribution in [0.5, 0.6) is 0 Å². The van der Waals surface area contributed by atoms with Gasteiger partial charge in [0.2, 0.25) is 0 Å². The van der Waals surface area contributed by atoms with Crippen LogP contribution in [0.2, 0.25) is 0 Å². The van der Waals surface area contributed by atoms with Crippen LogP contribution in [0.4, 0.5) is 0 Å². The molecule has 25 heavy (non-hydrogen) atoms. The number of hydrogen-bond acceptors (Lipinski definition) is 5. The number of likely N-dealkylation sites (tertiary alicyclic amines) is 1. The van der Waals surface area contributed by atoms with Gasteiger partial charge < -0.3 is 9.64 Å². The highest BCUT2D eigenvalue weighted by atomic mass is 32.1. The monoisotopic (exact) mass is 357 g/mol. The van der Waals surface area contributed by atoms with Gasteiger partial charge in [-0.1, -0.05) is 6.07 Å². The van der Waals surface area contributed by atoms with E-state index in [0.717, 1.165) is 44.1 Å². The minimum atomic E-state index is 0.148. The van der Waals surface area contributed by atoms with E-state index < -0.39 is 0 Å². The molecule has 2 fully saturated rings. The normalized spacial score (nSPS) is 24.6. The van der Waals surface area contributed by atoms with Crippen LogP contribution in [-0.2, 0) is 11.3 Å². The molecule has 1 amide bonds. The standard InChI is InChI=1S/C19H23N3O2S/c23-19(18-2-1-11-25-18)22-8-5-16-13-21(9-10-24-17(16)14-22)12-15-3-6-20-7-4-15/h1-4,6-7,11,16-17H,5,8-10,12-14H2/t16-,17-/m1/s1. The highest BCUT2D eigenvalue weighted by molar-refractivity contribution is 7.12. The molecule has 0 spiro atoms. The summed E-state index contributed by atoms with van der Waals surface area (Å²) in [5.74, 6) is 0.645. The minimum Gasteiger partial charge on any atom is -0.375 e. The van der Waals surface area contributed by atoms with Crippen molar-refractivity contribution >= 4 is 17.2 Å². The molecule has 0 N–H and O–H groups in total. The number of carbonyl (C=O) groups is 1. The Kier molecular flexibility index (Phi) is 5.10. The first-order valence-electron chi connectivity index (χ1n) is 8.85. The van der Waals surface area contributed by atoms with Gasteiger partial charge in [0.25, 0.3) is 5.91 Å². The van der Waals surface area contributed by atoms with Gasteiger partial charge in [-0.15, -0.1) is 11.3 Å². The highest BCUT2D eigenvalue weighted by Crippen LogP contribution is 2.26. The molecule has 5 nitrogen and oxygen atoms in total. The number of amides is 1. The van der Waals surface area contributed by atoms with Crippen LogP contribution in [-0.4, -0.2) is 59.6 Å². The van der Waals surface area contributed by atoms with Crippen LogP contribution < -0.4 is 0 Å². The number of rotatable bonds is 3. The summed E-state index contributed by atoms with van der Waals surface area (Å²) in [6, 6.07) is 7.99. The topological polar surface area (TPSA) is 45.7 Å². The third-order valence-corrected chi connectivity index (χ3v) is 5.96. The molecular formula is C19H23N3O2S. The summed E-state index contributed by atoms with van der Waals surface area (Å²) in [6.07, 6.45) is 4.86. The van der Waals surface area contributed by atoms with Crippen LogP contribution in [0, 0.1) is 5.92 Å². The van der Waals surface area contributed by atoms with Crippen molar-refractivity contribution < 1.29 is 9.53 Å². The van der Waals surface area contributed by atoms with E-state index in [1.54, 1.807) is 0 Å². The zero-order valence-electron chi connectivity index (χ0n) is 14.2. The molecule has 6 heteroatoms. The van der Waals surface area contributed by atoms with Crippen LogP contribution in [0.25, 0.3) is 0 Å². The van der Waals surface area contributed by atoms with Gasteiger partial charge in [0.05, 0.1) is 17.6 Å². The van der Waals surface area contributed by atoms with E-state index >= 15 is 0 Å². The number of piperidine rings is 1. The smallest absolute Gasteiger partial charge is 0.264 e. The Morgan fingerprint density at radius 2 is 2.12 bits per heavy atom. The van der Waals surface area contributed by atoms with E-state index in [2.05, 4.69) is 22.0 Å². The third kappa shape index (κ3) is 3.92. The molecule has 2 saturated heterocycles. The molecule has 4 rings (SSSR count). The second kappa shape index (κ2) is 7.64. The van der Waals surface area contributed by atoms with Crippen molar-refractivity contribution in [1.29, 1.82) is 0 Å². The number of ether oxygens (including phenoxy) is 1. The van der Waals surface area contributed by atoms with Crippen LogP contribution in [0.3, 0.4) is 0 Å². The zero-order valence-corrected chi connectivity index (χ0v) is 15.0. The number of nitrogens with zero attached hydrogens (tertiary/aromatic N) is 3. The lowest BCUT2D eigenvalue weighted by Crippen LogP contribution is -2.48. The number of aromatic nitrogens is 1. The molecule has 2 aromatic rings. The van der Waals surface area contributed by atoms with E-state index in [1.165, 1.54) is 16.9 Å². The lowest BCUT2D eigenvalue weighted by molar-refractivity contribution is -0.0169. The van der Waals surface area contributed by atoms with Gasteiger partial charge in [0.15, 0.2) is 0 Å². The van der Waals surface area contributed by atoms with Crippen LogP contribution >= 0.6 is 11.3 Å². The van der Waals surface area contributed by atoms with E-state index in [4.69, 9.17) is 4.74 Å². The first-order valence-corrected chi connectivity index (χ1v) is 9.73. The van der Waals surface area contributed by atoms with E-state index in [-0.39, 0.29) is 12.0 Å². The Morgan fingerprint density at radius 3 is 2.92 bits per heavy atom. The van der Waals surface area contributed by atoms with Crippen molar-refractivity contribution in [3.8, 4) is 0 Å². The van der Waals surface area contributed by atoms with Gasteiger partial charge in [-0.3, -0.25) is 14.7 Å². The van der Waals surface area contributed by atoms with Crippen molar-refractivity contribution in [3.63, 3.8) is 0 Å². The molecule has 0 aromatic carbocycles. The molecule has 0 saturated carbocycles. The predicted octanol–water partition coefficient (Wildman–Crippen LogP) is 2.51. The summed E-state index contributed by atoms with van der Waals surface area (Å²) in [5, 5.41) is 1.96. The zero-order chi connectivity index (χ0) is 17.1. The maximum Gasteiger partial charge on any atom is 0.264 e. The molecule has 132 valence electrons. The molecule has 2 aliphatic rings. The van der Waals surface area contributed by atoms with Crippen molar-refractivity contribution in [2.45, 2.75) is 19.1 Å². The number of hydrogen-bond donors (Lipinski definition) is 0. The molecule has 0 unspecified atom stereocenters. The lowest BCUT2D eigenvalue weighted by atomic mass is 9.93. The molecular weight excluding hydrogens is 334 g/mol. The predicted molar refractivity (Wildman–Crippen MR) is 97.6 cm³/mol. The number of carbonyl (C=O) groups excluding carboxylic acids is 1. The van der Waals surface area contributed by atoms with Gasteiger partial charge in [-0.05, 0) is 35.6 Å². The quantitative estimate of drug-likeness (QED) is 0.847. The van der Waals surface area contributed by atoms with Crippen molar-refractivity contribution in [2.24, 2.45) is 5.92 Å². The Labute approximate surface area is 152 Å². The molecule has 2 aromatic heterocycles. The summed E-state index contributed by atoms with van der Waals surface area (Å²) in [7, 11) is 0. The largest absolute Gasteiger partial charge is 0.375 e. The first kappa shape index (κ1) is 16.7. The second-order valence-corrected chi connectivity index (χ2v) is 7.72. The van der Waals surface area contributed by atoms with E-state index in [9.17, 15) is 4.79 Å². The molecule has 4 heterocycles. The second-order valence-electron chi connectivity index (χ2n) is 6.78. The fourth-order valence-electron chi connectivity index (χ4n) is 3.75. The summed E-state index contributed by atoms with van der Waals surface area (Å²) in [5.41, 5.74) is 1.29. The minimum absolute atomic E-state index is 0.148. The summed E-state index contributed by atoms with van der Waals surface area (Å²) in [6.45, 7) is 5.18. The molecule has 0 radical (unpaired) electrons. The summed E-state index contributed by atoms with van der Waals surface area (Å²) < 4.78 is 6.13. The van der Waals surface area contributed by atoms with Crippen molar-refractivity contribution in [1.82, 2.24) is 14.8 Å². The van der Waals surface area contributed by atoms with Crippen LogP contribution in [0.15, 0.2) is 42.0 Å². The average molecular weight is 357 g/mol. The van der Waals surface area contributed by atoms with Gasteiger partial charge >= 0.3 is 0 Å². The molecule has 0 aliphatic carbocycles. The summed E-state index contributed by atoms with van der Waals surface area (Å²) in [4.78, 5) is 21.9. The third-order valence-electron chi connectivity index (χ3n) is 5.10. The molecule has 0 bridgehead atoms. The van der Waals surface area contributed by atoms with Gasteiger partial charge in [-0.25, -0.2) is 0 Å². The fraction of sp³-hybridized carbons (Fsp3) is 0.474. The fourth-order valence-corrected chi connectivity index (χ4v) is 4.44. The Hall–Kier alpha value is -1.76. The number of thiophene rings is 1. The maximum absolute atomic E-state index is 12.6. The summed E-state index contributed by atoms with van der Waals surface area (Å²) >= 11 is 1.51. The lowest BCUT2D eigenvalue weighted by Gasteiger charge is -2.38. The Bertz CT molecular complexity index is 692. The van der Waals surface area contributed by atoms with Gasteiger partial charge in [0, 0.05) is 51.0 Å². The molecule has 2 atom stereocenters. The number of pyridine rings is 1. The van der Waals surface area contributed by atoms with E-state index in [1.807, 2.05) is 34.8 Å². The Morgan fingerprint density at radius 1 is 1.24 bits per heavy atom. The van der Waals surface area contributed by atoms with E-state index in [0.29, 0.717) is 12.5 Å². The average Bonchev–Trinajstić information content (AvgIpc) is 3.10. The Balaban J connectivity index is 1.38. The SMILES string of the molecule is O=C(c1cccs1)N1CC[C@@H]2CN(Cc3ccncc3)CCO[C@@H]2C1. The number of fused-ring (bicyclic) bond motifs is 1. The van der Waals surface area contributed by atoms with Crippen molar-refractivity contribution in [2.75, 3.05) is 32.8 Å². The van der Waals surface area contributed by atoms with Gasteiger partial charge in [0.1, 0.15) is 0 Å². The first-order chi connectivity index (χ1) is 12.3. The molecule has 2 aliphatic heterocycles.